The molecule has 6 nitrogen and oxygen atoms in total. The first-order valence-electron chi connectivity index (χ1n) is 9.22. The maximum absolute atomic E-state index is 12.7. The summed E-state index contributed by atoms with van der Waals surface area (Å²) in [5, 5.41) is 5.91. The Morgan fingerprint density at radius 3 is 2.25 bits per heavy atom. The topological polar surface area (TPSA) is 76.0 Å². The van der Waals surface area contributed by atoms with Gasteiger partial charge in [0, 0.05) is 37.5 Å². The molecule has 0 spiro atoms. The Morgan fingerprint density at radius 1 is 1.00 bits per heavy atom. The number of benzene rings is 2. The fraction of sp³-hybridized carbons (Fsp3) is 0.227. The van der Waals surface area contributed by atoms with Crippen LogP contribution in [0, 0.1) is 0 Å². The molecule has 0 radical (unpaired) electrons. The number of imidazole rings is 1. The van der Waals surface area contributed by atoms with Gasteiger partial charge in [0.25, 0.3) is 5.91 Å². The molecule has 144 valence electrons. The predicted octanol–water partition coefficient (Wildman–Crippen LogP) is 2.83. The summed E-state index contributed by atoms with van der Waals surface area (Å²) in [6.07, 6.45) is 3.73. The summed E-state index contributed by atoms with van der Waals surface area (Å²) in [5.74, 6) is 0.405. The van der Waals surface area contributed by atoms with E-state index in [1.54, 1.807) is 18.3 Å². The molecule has 0 bridgehead atoms. The third-order valence-corrected chi connectivity index (χ3v) is 4.46. The van der Waals surface area contributed by atoms with Gasteiger partial charge in [0.05, 0.1) is 0 Å². The van der Waals surface area contributed by atoms with E-state index in [0.29, 0.717) is 5.56 Å². The van der Waals surface area contributed by atoms with E-state index in [1.807, 2.05) is 73.3 Å². The number of nitrogens with zero attached hydrogens (tertiary/aromatic N) is 2. The van der Waals surface area contributed by atoms with Crippen LogP contribution >= 0.6 is 0 Å². The lowest BCUT2D eigenvalue weighted by Gasteiger charge is -2.21. The summed E-state index contributed by atoms with van der Waals surface area (Å²) in [6, 6.07) is 18.0. The van der Waals surface area contributed by atoms with Gasteiger partial charge in [-0.05, 0) is 24.6 Å². The molecule has 1 aromatic heterocycles. The third-order valence-electron chi connectivity index (χ3n) is 4.46. The maximum Gasteiger partial charge on any atom is 0.251 e. The fourth-order valence-corrected chi connectivity index (χ4v) is 3.04. The van der Waals surface area contributed by atoms with Gasteiger partial charge in [-0.3, -0.25) is 9.59 Å². The number of hydrogen-bond donors (Lipinski definition) is 2. The average Bonchev–Trinajstić information content (AvgIpc) is 3.13. The molecular weight excluding hydrogens is 352 g/mol. The zero-order valence-corrected chi connectivity index (χ0v) is 16.0. The summed E-state index contributed by atoms with van der Waals surface area (Å²) < 4.78 is 1.89. The summed E-state index contributed by atoms with van der Waals surface area (Å²) >= 11 is 0. The van der Waals surface area contributed by atoms with Gasteiger partial charge in [0.15, 0.2) is 0 Å². The number of nitrogens with one attached hydrogen (secondary N) is 2. The van der Waals surface area contributed by atoms with Crippen molar-refractivity contribution in [3.63, 3.8) is 0 Å². The van der Waals surface area contributed by atoms with Gasteiger partial charge >= 0.3 is 0 Å². The van der Waals surface area contributed by atoms with E-state index < -0.39 is 0 Å². The van der Waals surface area contributed by atoms with Crippen molar-refractivity contribution in [3.05, 3.63) is 90.0 Å². The molecule has 0 aliphatic carbocycles. The van der Waals surface area contributed by atoms with Crippen LogP contribution in [0.4, 0.5) is 0 Å². The standard InChI is InChI=1S/C22H24N4O2/c1-16(24-22(28)18-11-7-4-8-12-18)15-19(27)25-20(17-9-5-3-6-10-17)21-23-13-14-26(21)2/h3-14,16,20H,15H2,1-2H3,(H,24,28)(H,25,27)/t16-,20-/m0/s1. The highest BCUT2D eigenvalue weighted by Gasteiger charge is 2.22. The Morgan fingerprint density at radius 2 is 1.64 bits per heavy atom. The van der Waals surface area contributed by atoms with E-state index >= 15 is 0 Å². The van der Waals surface area contributed by atoms with Crippen LogP contribution in [0.1, 0.15) is 41.1 Å². The number of aryl methyl sites for hydroxylation is 1. The van der Waals surface area contributed by atoms with Gasteiger partial charge < -0.3 is 15.2 Å². The lowest BCUT2D eigenvalue weighted by molar-refractivity contribution is -0.122. The monoisotopic (exact) mass is 376 g/mol. The van der Waals surface area contributed by atoms with Crippen molar-refractivity contribution in [1.29, 1.82) is 0 Å². The molecule has 3 aromatic rings. The normalized spacial score (nSPS) is 12.8. The molecule has 2 N–H and O–H groups in total. The summed E-state index contributed by atoms with van der Waals surface area (Å²) in [6.45, 7) is 1.82. The molecule has 0 fully saturated rings. The number of hydrogen-bond acceptors (Lipinski definition) is 3. The zero-order chi connectivity index (χ0) is 19.9. The molecule has 2 aromatic carbocycles. The number of amides is 2. The van der Waals surface area contributed by atoms with Crippen LogP contribution in [0.3, 0.4) is 0 Å². The van der Waals surface area contributed by atoms with Gasteiger partial charge in [0.2, 0.25) is 5.91 Å². The Balaban J connectivity index is 1.65. The Kier molecular flexibility index (Phi) is 6.22. The van der Waals surface area contributed by atoms with Crippen molar-refractivity contribution in [2.75, 3.05) is 0 Å². The predicted molar refractivity (Wildman–Crippen MR) is 108 cm³/mol. The quantitative estimate of drug-likeness (QED) is 0.666. The van der Waals surface area contributed by atoms with E-state index in [-0.39, 0.29) is 30.3 Å². The second kappa shape index (κ2) is 8.99. The van der Waals surface area contributed by atoms with E-state index in [4.69, 9.17) is 0 Å². The van der Waals surface area contributed by atoms with Gasteiger partial charge in [-0.1, -0.05) is 48.5 Å². The van der Waals surface area contributed by atoms with Crippen LogP contribution in [-0.2, 0) is 11.8 Å². The van der Waals surface area contributed by atoms with Crippen LogP contribution in [0.5, 0.6) is 0 Å². The van der Waals surface area contributed by atoms with Crippen LogP contribution in [-0.4, -0.2) is 27.4 Å². The van der Waals surface area contributed by atoms with Crippen LogP contribution in [0.25, 0.3) is 0 Å². The molecular formula is C22H24N4O2. The van der Waals surface area contributed by atoms with Gasteiger partial charge in [-0.2, -0.15) is 0 Å². The lowest BCUT2D eigenvalue weighted by atomic mass is 10.1. The van der Waals surface area contributed by atoms with Gasteiger partial charge in [0.1, 0.15) is 11.9 Å². The molecule has 0 saturated heterocycles. The van der Waals surface area contributed by atoms with E-state index in [1.165, 1.54) is 0 Å². The van der Waals surface area contributed by atoms with Crippen molar-refractivity contribution in [3.8, 4) is 0 Å². The second-order valence-corrected chi connectivity index (χ2v) is 6.75. The van der Waals surface area contributed by atoms with E-state index in [9.17, 15) is 9.59 Å². The van der Waals surface area contributed by atoms with Crippen molar-refractivity contribution in [2.24, 2.45) is 7.05 Å². The third kappa shape index (κ3) is 4.85. The second-order valence-electron chi connectivity index (χ2n) is 6.75. The largest absolute Gasteiger partial charge is 0.349 e. The Hall–Kier alpha value is -3.41. The molecule has 28 heavy (non-hydrogen) atoms. The van der Waals surface area contributed by atoms with Crippen LogP contribution in [0.15, 0.2) is 73.1 Å². The highest BCUT2D eigenvalue weighted by Crippen LogP contribution is 2.20. The molecule has 0 aliphatic heterocycles. The number of carbonyl (C=O) groups excluding carboxylic acids is 2. The number of aromatic nitrogens is 2. The van der Waals surface area contributed by atoms with Crippen LogP contribution < -0.4 is 10.6 Å². The van der Waals surface area contributed by atoms with Crippen molar-refractivity contribution in [1.82, 2.24) is 20.2 Å². The average molecular weight is 376 g/mol. The highest BCUT2D eigenvalue weighted by atomic mass is 16.2. The molecule has 2 atom stereocenters. The molecule has 3 rings (SSSR count). The molecule has 6 heteroatoms. The highest BCUT2D eigenvalue weighted by molar-refractivity contribution is 5.94. The fourth-order valence-electron chi connectivity index (χ4n) is 3.04. The summed E-state index contributed by atoms with van der Waals surface area (Å²) in [4.78, 5) is 29.3. The van der Waals surface area contributed by atoms with Gasteiger partial charge in [-0.15, -0.1) is 0 Å². The first kappa shape index (κ1) is 19.4. The van der Waals surface area contributed by atoms with Crippen molar-refractivity contribution in [2.45, 2.75) is 25.4 Å². The summed E-state index contributed by atoms with van der Waals surface area (Å²) in [7, 11) is 1.90. The molecule has 0 aliphatic rings. The minimum Gasteiger partial charge on any atom is -0.349 e. The summed E-state index contributed by atoms with van der Waals surface area (Å²) in [5.41, 5.74) is 1.52. The number of carbonyl (C=O) groups is 2. The zero-order valence-electron chi connectivity index (χ0n) is 16.0. The molecule has 1 heterocycles. The van der Waals surface area contributed by atoms with E-state index in [2.05, 4.69) is 15.6 Å². The molecule has 0 saturated carbocycles. The van der Waals surface area contributed by atoms with E-state index in [0.717, 1.165) is 11.4 Å². The Bertz CT molecular complexity index is 922. The molecule has 2 amide bonds. The molecule has 0 unspecified atom stereocenters. The van der Waals surface area contributed by atoms with Gasteiger partial charge in [-0.25, -0.2) is 4.98 Å². The first-order valence-corrected chi connectivity index (χ1v) is 9.22. The smallest absolute Gasteiger partial charge is 0.251 e. The maximum atomic E-state index is 12.7. The first-order chi connectivity index (χ1) is 13.5. The van der Waals surface area contributed by atoms with Crippen LogP contribution in [0.2, 0.25) is 0 Å². The Labute approximate surface area is 164 Å². The van der Waals surface area contributed by atoms with Crippen molar-refractivity contribution < 1.29 is 9.59 Å². The minimum absolute atomic E-state index is 0.155. The SMILES string of the molecule is C[C@@H](CC(=O)N[C@@H](c1ccccc1)c1nccn1C)NC(=O)c1ccccc1. The minimum atomic E-state index is -0.356. The number of rotatable bonds is 7. The van der Waals surface area contributed by atoms with Crippen molar-refractivity contribution >= 4 is 11.8 Å². The lowest BCUT2D eigenvalue weighted by Crippen LogP contribution is -2.39.